The number of carbonyl (C=O) groups excluding carboxylic acids is 1. The Kier molecular flexibility index (Phi) is 11.9. The quantitative estimate of drug-likeness (QED) is 0.156. The number of nitrogens with one attached hydrogen (secondary N) is 1. The Morgan fingerprint density at radius 2 is 1.57 bits per heavy atom. The first-order chi connectivity index (χ1) is 22.4. The van der Waals surface area contributed by atoms with Crippen molar-refractivity contribution in [3.8, 4) is 10.8 Å². The zero-order valence-electron chi connectivity index (χ0n) is 26.3. The number of anilines is 1. The van der Waals surface area contributed by atoms with Crippen molar-refractivity contribution >= 4 is 40.2 Å². The first-order valence-electron chi connectivity index (χ1n) is 15.2. The van der Waals surface area contributed by atoms with E-state index in [9.17, 15) is 4.79 Å². The molecule has 0 fully saturated rings. The molecule has 1 aliphatic heterocycles. The maximum absolute atomic E-state index is 13.4. The molecule has 0 spiro atoms. The summed E-state index contributed by atoms with van der Waals surface area (Å²) < 4.78 is 24.0. The normalized spacial score (nSPS) is 13.9. The van der Waals surface area contributed by atoms with E-state index < -0.39 is 6.04 Å². The van der Waals surface area contributed by atoms with Crippen molar-refractivity contribution in [2.24, 2.45) is 10.7 Å². The number of thiophene rings is 1. The van der Waals surface area contributed by atoms with Crippen LogP contribution in [0.15, 0.2) is 53.5 Å². The molecule has 3 N–H and O–H groups in total. The Bertz CT molecular complexity index is 1640. The van der Waals surface area contributed by atoms with Crippen LogP contribution in [0, 0.1) is 20.8 Å². The fraction of sp³-hybridized carbons (Fsp3) is 0.394. The van der Waals surface area contributed by atoms with E-state index in [1.54, 1.807) is 23.5 Å². The third-order valence-corrected chi connectivity index (χ3v) is 8.82. The summed E-state index contributed by atoms with van der Waals surface area (Å²) in [4.78, 5) is 19.7. The van der Waals surface area contributed by atoms with Crippen LogP contribution in [0.1, 0.15) is 45.7 Å². The minimum Gasteiger partial charge on any atom is -0.491 e. The summed E-state index contributed by atoms with van der Waals surface area (Å²) in [6.07, 6.45) is 0.0855. The maximum Gasteiger partial charge on any atom is 0.227 e. The number of nitrogens with zero attached hydrogens (tertiary/aromatic N) is 4. The summed E-state index contributed by atoms with van der Waals surface area (Å²) in [6.45, 7) is 9.98. The maximum atomic E-state index is 13.4. The van der Waals surface area contributed by atoms with Gasteiger partial charge in [0.1, 0.15) is 29.2 Å². The van der Waals surface area contributed by atoms with Crippen LogP contribution in [0.4, 0.5) is 5.69 Å². The van der Waals surface area contributed by atoms with E-state index in [1.165, 1.54) is 4.88 Å². The molecule has 13 heteroatoms. The molecule has 1 aliphatic rings. The van der Waals surface area contributed by atoms with Gasteiger partial charge in [-0.25, -0.2) is 0 Å². The Morgan fingerprint density at radius 3 is 2.24 bits per heavy atom. The highest BCUT2D eigenvalue weighted by molar-refractivity contribution is 7.15. The van der Waals surface area contributed by atoms with Crippen LogP contribution in [0.5, 0.6) is 5.75 Å². The third kappa shape index (κ3) is 8.38. The largest absolute Gasteiger partial charge is 0.491 e. The molecule has 1 unspecified atom stereocenters. The number of carbonyl (C=O) groups is 1. The van der Waals surface area contributed by atoms with Gasteiger partial charge in [0.15, 0.2) is 5.82 Å². The monoisotopic (exact) mass is 666 g/mol. The lowest BCUT2D eigenvalue weighted by Crippen LogP contribution is -2.17. The molecule has 11 nitrogen and oxygen atoms in total. The second-order valence-corrected chi connectivity index (χ2v) is 12.3. The minimum absolute atomic E-state index is 0.0855. The van der Waals surface area contributed by atoms with Crippen molar-refractivity contribution in [3.63, 3.8) is 0 Å². The molecule has 1 amide bonds. The van der Waals surface area contributed by atoms with E-state index in [0.29, 0.717) is 75.1 Å². The SMILES string of the molecule is Cc1sc2c(c1C)C(c1ccc(Cl)cc1)=NC(CC(=O)Nc1ccc(OCCOCCOCCOCCN)cc1)c1nnc(C)n1-2. The highest BCUT2D eigenvalue weighted by Gasteiger charge is 2.32. The van der Waals surface area contributed by atoms with Gasteiger partial charge < -0.3 is 30.0 Å². The van der Waals surface area contributed by atoms with Gasteiger partial charge in [-0.15, -0.1) is 21.5 Å². The van der Waals surface area contributed by atoms with Gasteiger partial charge in [-0.3, -0.25) is 14.4 Å². The Morgan fingerprint density at radius 1 is 0.913 bits per heavy atom. The lowest BCUT2D eigenvalue weighted by molar-refractivity contribution is -0.116. The zero-order valence-corrected chi connectivity index (χ0v) is 27.8. The van der Waals surface area contributed by atoms with Gasteiger partial charge in [-0.05, 0) is 62.7 Å². The second kappa shape index (κ2) is 16.3. The molecule has 0 saturated carbocycles. The third-order valence-electron chi connectivity index (χ3n) is 7.38. The number of amides is 1. The molecule has 0 bridgehead atoms. The second-order valence-electron chi connectivity index (χ2n) is 10.7. The van der Waals surface area contributed by atoms with E-state index in [4.69, 9.17) is 41.3 Å². The Balaban J connectivity index is 1.19. The number of ether oxygens (including phenoxy) is 4. The molecule has 1 atom stereocenters. The van der Waals surface area contributed by atoms with Crippen LogP contribution in [-0.2, 0) is 19.0 Å². The molecule has 0 saturated heterocycles. The van der Waals surface area contributed by atoms with Gasteiger partial charge >= 0.3 is 0 Å². The van der Waals surface area contributed by atoms with Crippen molar-refractivity contribution in [3.05, 3.63) is 86.8 Å². The fourth-order valence-electron chi connectivity index (χ4n) is 5.00. The average molecular weight is 667 g/mol. The van der Waals surface area contributed by atoms with E-state index in [2.05, 4.69) is 29.4 Å². The number of halogens is 1. The molecule has 2 aromatic carbocycles. The van der Waals surface area contributed by atoms with E-state index in [1.807, 2.05) is 47.9 Å². The molecule has 0 radical (unpaired) electrons. The van der Waals surface area contributed by atoms with Crippen molar-refractivity contribution in [1.82, 2.24) is 14.8 Å². The number of nitrogens with two attached hydrogens (primary N) is 1. The number of rotatable bonds is 16. The molecule has 0 aliphatic carbocycles. The van der Waals surface area contributed by atoms with Gasteiger partial charge in [0, 0.05) is 33.3 Å². The van der Waals surface area contributed by atoms with Gasteiger partial charge in [-0.1, -0.05) is 23.7 Å². The number of aliphatic imine (C=N–C) groups is 1. The number of benzene rings is 2. The number of fused-ring (bicyclic) bond motifs is 3. The van der Waals surface area contributed by atoms with E-state index >= 15 is 0 Å². The van der Waals surface area contributed by atoms with E-state index in [0.717, 1.165) is 33.2 Å². The van der Waals surface area contributed by atoms with Crippen molar-refractivity contribution in [2.75, 3.05) is 58.1 Å². The first kappa shape index (κ1) is 33.7. The lowest BCUT2D eigenvalue weighted by atomic mass is 9.99. The topological polar surface area (TPSA) is 135 Å². The molecule has 3 heterocycles. The molecule has 46 heavy (non-hydrogen) atoms. The summed E-state index contributed by atoms with van der Waals surface area (Å²) in [7, 11) is 0. The van der Waals surface area contributed by atoms with Crippen molar-refractivity contribution < 1.29 is 23.7 Å². The van der Waals surface area contributed by atoms with Crippen LogP contribution in [0.2, 0.25) is 5.02 Å². The Labute approximate surface area is 277 Å². The lowest BCUT2D eigenvalue weighted by Gasteiger charge is -2.13. The first-order valence-corrected chi connectivity index (χ1v) is 16.4. The molecule has 2 aromatic heterocycles. The highest BCUT2D eigenvalue weighted by Crippen LogP contribution is 2.39. The number of aromatic nitrogens is 3. The molecular formula is C33H39ClN6O5S. The molecule has 4 aromatic rings. The van der Waals surface area contributed by atoms with Crippen LogP contribution in [0.25, 0.3) is 5.00 Å². The van der Waals surface area contributed by atoms with Crippen molar-refractivity contribution in [1.29, 1.82) is 0 Å². The van der Waals surface area contributed by atoms with E-state index in [-0.39, 0.29) is 12.3 Å². The van der Waals surface area contributed by atoms with Crippen LogP contribution >= 0.6 is 22.9 Å². The summed E-state index contributed by atoms with van der Waals surface area (Å²) >= 11 is 7.89. The molecular weight excluding hydrogens is 628 g/mol. The zero-order chi connectivity index (χ0) is 32.5. The predicted octanol–water partition coefficient (Wildman–Crippen LogP) is 5.22. The van der Waals surface area contributed by atoms with Crippen molar-refractivity contribution in [2.45, 2.75) is 33.2 Å². The van der Waals surface area contributed by atoms with Gasteiger partial charge in [-0.2, -0.15) is 0 Å². The fourth-order valence-corrected chi connectivity index (χ4v) is 6.34. The minimum atomic E-state index is -0.552. The number of hydrogen-bond donors (Lipinski definition) is 2. The Hall–Kier alpha value is -3.65. The molecule has 244 valence electrons. The number of aryl methyl sites for hydroxylation is 2. The van der Waals surface area contributed by atoms with Gasteiger partial charge in [0.2, 0.25) is 5.91 Å². The summed E-state index contributed by atoms with van der Waals surface area (Å²) in [6, 6.07) is 14.3. The van der Waals surface area contributed by atoms with Gasteiger partial charge in [0.25, 0.3) is 0 Å². The highest BCUT2D eigenvalue weighted by atomic mass is 35.5. The van der Waals surface area contributed by atoms with Crippen LogP contribution in [-0.4, -0.2) is 79.2 Å². The summed E-state index contributed by atoms with van der Waals surface area (Å²) in [5.74, 6) is 1.86. The smallest absolute Gasteiger partial charge is 0.227 e. The number of hydrogen-bond acceptors (Lipinski definition) is 10. The summed E-state index contributed by atoms with van der Waals surface area (Å²) in [5.41, 5.74) is 9.92. The van der Waals surface area contributed by atoms with Gasteiger partial charge in [0.05, 0.1) is 51.8 Å². The van der Waals surface area contributed by atoms with Crippen LogP contribution < -0.4 is 15.8 Å². The predicted molar refractivity (Wildman–Crippen MR) is 180 cm³/mol. The summed E-state index contributed by atoms with van der Waals surface area (Å²) in [5, 5.41) is 13.5. The average Bonchev–Trinajstić information content (AvgIpc) is 3.52. The standard InChI is InChI=1S/C33H39ClN6O5S/c1-21-22(2)46-33-30(21)31(24-4-6-25(34)7-5-24)37-28(32-39-38-23(3)40(32)33)20-29(41)36-26-8-10-27(11-9-26)45-19-18-44-17-16-43-15-14-42-13-12-35/h4-11,28H,12-20,35H2,1-3H3,(H,36,41). The molecule has 5 rings (SSSR count). The van der Waals surface area contributed by atoms with Crippen LogP contribution in [0.3, 0.4) is 0 Å².